The Hall–Kier alpha value is -1.41. The summed E-state index contributed by atoms with van der Waals surface area (Å²) in [6, 6.07) is 18.8. The summed E-state index contributed by atoms with van der Waals surface area (Å²) in [5, 5.41) is 3.42. The fourth-order valence-electron chi connectivity index (χ4n) is 1.60. The van der Waals surface area contributed by atoms with Crippen molar-refractivity contribution in [3.63, 3.8) is 0 Å². The van der Waals surface area contributed by atoms with Crippen molar-refractivity contribution in [3.8, 4) is 0 Å². The molecule has 1 nitrogen and oxygen atoms in total. The summed E-state index contributed by atoms with van der Waals surface area (Å²) in [5.41, 5.74) is 2.51. The van der Waals surface area contributed by atoms with E-state index in [1.807, 2.05) is 18.2 Å². The molecule has 2 aromatic rings. The molecule has 0 saturated carbocycles. The first-order valence-corrected chi connectivity index (χ1v) is 6.53. The summed E-state index contributed by atoms with van der Waals surface area (Å²) in [4.78, 5) is 1.34. The topological polar surface area (TPSA) is 12.0 Å². The minimum Gasteiger partial charge on any atom is -0.381 e. The molecule has 0 amide bonds. The molecule has 0 saturated heterocycles. The minimum atomic E-state index is 0.876. The van der Waals surface area contributed by atoms with E-state index < -0.39 is 0 Å². The van der Waals surface area contributed by atoms with Crippen molar-refractivity contribution in [2.24, 2.45) is 0 Å². The van der Waals surface area contributed by atoms with Crippen LogP contribution in [0, 0.1) is 0 Å². The van der Waals surface area contributed by atoms with E-state index in [0.717, 1.165) is 6.54 Å². The highest BCUT2D eigenvalue weighted by Crippen LogP contribution is 2.20. The molecule has 2 rings (SSSR count). The zero-order valence-electron chi connectivity index (χ0n) is 9.31. The van der Waals surface area contributed by atoms with Crippen LogP contribution in [0.5, 0.6) is 0 Å². The Kier molecular flexibility index (Phi) is 3.89. The van der Waals surface area contributed by atoms with Crippen LogP contribution in [0.3, 0.4) is 0 Å². The molecule has 16 heavy (non-hydrogen) atoms. The van der Waals surface area contributed by atoms with Gasteiger partial charge in [0, 0.05) is 17.1 Å². The van der Waals surface area contributed by atoms with Gasteiger partial charge in [0.2, 0.25) is 0 Å². The fourth-order valence-corrected chi connectivity index (χ4v) is 2.22. The van der Waals surface area contributed by atoms with Crippen LogP contribution in [0.15, 0.2) is 59.5 Å². The van der Waals surface area contributed by atoms with Gasteiger partial charge in [-0.05, 0) is 30.0 Å². The SMILES string of the molecule is CSc1ccccc1CNc1ccccc1. The molecule has 2 heteroatoms. The molecule has 0 unspecified atom stereocenters. The van der Waals surface area contributed by atoms with Gasteiger partial charge in [-0.25, -0.2) is 0 Å². The average Bonchev–Trinajstić information content (AvgIpc) is 2.38. The summed E-state index contributed by atoms with van der Waals surface area (Å²) >= 11 is 1.79. The Morgan fingerprint density at radius 1 is 0.938 bits per heavy atom. The van der Waals surface area contributed by atoms with Crippen molar-refractivity contribution in [2.75, 3.05) is 11.6 Å². The molecule has 0 fully saturated rings. The third-order valence-corrected chi connectivity index (χ3v) is 3.29. The Bertz CT molecular complexity index is 439. The molecule has 0 aliphatic heterocycles. The number of nitrogens with one attached hydrogen (secondary N) is 1. The largest absolute Gasteiger partial charge is 0.381 e. The lowest BCUT2D eigenvalue weighted by atomic mass is 10.2. The summed E-state index contributed by atoms with van der Waals surface area (Å²) in [6.07, 6.45) is 2.11. The van der Waals surface area contributed by atoms with Crippen molar-refractivity contribution >= 4 is 17.4 Å². The zero-order chi connectivity index (χ0) is 11.2. The maximum Gasteiger partial charge on any atom is 0.0411 e. The fraction of sp³-hybridized carbons (Fsp3) is 0.143. The lowest BCUT2D eigenvalue weighted by molar-refractivity contribution is 1.09. The number of thioether (sulfide) groups is 1. The second kappa shape index (κ2) is 5.61. The lowest BCUT2D eigenvalue weighted by Crippen LogP contribution is -2.00. The number of hydrogen-bond acceptors (Lipinski definition) is 2. The maximum absolute atomic E-state index is 3.42. The molecule has 0 bridgehead atoms. The van der Waals surface area contributed by atoms with E-state index in [4.69, 9.17) is 0 Å². The van der Waals surface area contributed by atoms with Crippen molar-refractivity contribution < 1.29 is 0 Å². The first-order valence-electron chi connectivity index (χ1n) is 5.31. The van der Waals surface area contributed by atoms with E-state index in [2.05, 4.69) is 48.0 Å². The molecular formula is C14H15NS. The zero-order valence-corrected chi connectivity index (χ0v) is 10.1. The molecule has 0 heterocycles. The van der Waals surface area contributed by atoms with Crippen molar-refractivity contribution in [2.45, 2.75) is 11.4 Å². The first-order chi connectivity index (χ1) is 7.90. The molecular weight excluding hydrogens is 214 g/mol. The molecule has 0 spiro atoms. The van der Waals surface area contributed by atoms with Gasteiger partial charge in [-0.1, -0.05) is 36.4 Å². The van der Waals surface area contributed by atoms with Crippen molar-refractivity contribution in [3.05, 3.63) is 60.2 Å². The third-order valence-electron chi connectivity index (χ3n) is 2.45. The molecule has 2 aromatic carbocycles. The van der Waals surface area contributed by atoms with Crippen LogP contribution in [0.2, 0.25) is 0 Å². The predicted octanol–water partition coefficient (Wildman–Crippen LogP) is 4.02. The van der Waals surface area contributed by atoms with Gasteiger partial charge in [-0.15, -0.1) is 11.8 Å². The van der Waals surface area contributed by atoms with Crippen LogP contribution in [0.4, 0.5) is 5.69 Å². The minimum absolute atomic E-state index is 0.876. The highest BCUT2D eigenvalue weighted by atomic mass is 32.2. The van der Waals surface area contributed by atoms with Crippen LogP contribution >= 0.6 is 11.8 Å². The number of benzene rings is 2. The average molecular weight is 229 g/mol. The smallest absolute Gasteiger partial charge is 0.0411 e. The number of rotatable bonds is 4. The summed E-state index contributed by atoms with van der Waals surface area (Å²) in [6.45, 7) is 0.876. The summed E-state index contributed by atoms with van der Waals surface area (Å²) in [7, 11) is 0. The Balaban J connectivity index is 2.05. The van der Waals surface area contributed by atoms with E-state index in [9.17, 15) is 0 Å². The molecule has 0 radical (unpaired) electrons. The van der Waals surface area contributed by atoms with Crippen molar-refractivity contribution in [1.29, 1.82) is 0 Å². The molecule has 0 aromatic heterocycles. The van der Waals surface area contributed by atoms with E-state index in [1.165, 1.54) is 16.1 Å². The maximum atomic E-state index is 3.42. The van der Waals surface area contributed by atoms with Gasteiger partial charge in [-0.2, -0.15) is 0 Å². The third kappa shape index (κ3) is 2.80. The molecule has 0 aliphatic carbocycles. The van der Waals surface area contributed by atoms with Gasteiger partial charge in [0.05, 0.1) is 0 Å². The lowest BCUT2D eigenvalue weighted by Gasteiger charge is -2.09. The standard InChI is InChI=1S/C14H15NS/c1-16-14-10-6-5-7-12(14)11-15-13-8-3-2-4-9-13/h2-10,15H,11H2,1H3. The number of anilines is 1. The monoisotopic (exact) mass is 229 g/mol. The van der Waals surface area contributed by atoms with Crippen LogP contribution in [0.1, 0.15) is 5.56 Å². The Morgan fingerprint density at radius 3 is 2.38 bits per heavy atom. The first kappa shape index (κ1) is 11.1. The van der Waals surface area contributed by atoms with Gasteiger partial charge >= 0.3 is 0 Å². The van der Waals surface area contributed by atoms with Gasteiger partial charge in [-0.3, -0.25) is 0 Å². The van der Waals surface area contributed by atoms with Gasteiger partial charge in [0.15, 0.2) is 0 Å². The van der Waals surface area contributed by atoms with Crippen LogP contribution in [-0.4, -0.2) is 6.26 Å². The Morgan fingerprint density at radius 2 is 1.62 bits per heavy atom. The highest BCUT2D eigenvalue weighted by molar-refractivity contribution is 7.98. The van der Waals surface area contributed by atoms with E-state index in [-0.39, 0.29) is 0 Å². The Labute approximate surface area is 101 Å². The van der Waals surface area contributed by atoms with Crippen LogP contribution in [0.25, 0.3) is 0 Å². The van der Waals surface area contributed by atoms with Gasteiger partial charge in [0.1, 0.15) is 0 Å². The molecule has 82 valence electrons. The van der Waals surface area contributed by atoms with E-state index in [0.29, 0.717) is 0 Å². The highest BCUT2D eigenvalue weighted by Gasteiger charge is 1.99. The summed E-state index contributed by atoms with van der Waals surface area (Å²) < 4.78 is 0. The quantitative estimate of drug-likeness (QED) is 0.795. The second-order valence-electron chi connectivity index (χ2n) is 3.53. The van der Waals surface area contributed by atoms with Crippen molar-refractivity contribution in [1.82, 2.24) is 0 Å². The molecule has 0 aliphatic rings. The molecule has 1 N–H and O–H groups in total. The number of para-hydroxylation sites is 1. The van der Waals surface area contributed by atoms with E-state index in [1.54, 1.807) is 11.8 Å². The van der Waals surface area contributed by atoms with Gasteiger partial charge < -0.3 is 5.32 Å². The normalized spacial score (nSPS) is 10.1. The number of hydrogen-bond donors (Lipinski definition) is 1. The predicted molar refractivity (Wildman–Crippen MR) is 72.0 cm³/mol. The van der Waals surface area contributed by atoms with Gasteiger partial charge in [0.25, 0.3) is 0 Å². The summed E-state index contributed by atoms with van der Waals surface area (Å²) in [5.74, 6) is 0. The van der Waals surface area contributed by atoms with Crippen LogP contribution in [-0.2, 0) is 6.54 Å². The second-order valence-corrected chi connectivity index (χ2v) is 4.38. The van der Waals surface area contributed by atoms with E-state index >= 15 is 0 Å². The van der Waals surface area contributed by atoms with Crippen LogP contribution < -0.4 is 5.32 Å². The molecule has 0 atom stereocenters.